The number of hydrogen-bond acceptors (Lipinski definition) is 6. The van der Waals surface area contributed by atoms with E-state index < -0.39 is 6.10 Å². The third kappa shape index (κ3) is 3.94. The van der Waals surface area contributed by atoms with Gasteiger partial charge in [0.15, 0.2) is 0 Å². The number of nitrogens with one attached hydrogen (secondary N) is 1. The molecule has 0 aliphatic carbocycles. The van der Waals surface area contributed by atoms with E-state index in [1.165, 1.54) is 0 Å². The Balaban J connectivity index is 1.43. The number of aliphatic hydroxyl groups is 1. The molecule has 0 spiro atoms. The first kappa shape index (κ1) is 17.3. The van der Waals surface area contributed by atoms with E-state index in [4.69, 9.17) is 9.47 Å². The van der Waals surface area contributed by atoms with E-state index in [9.17, 15) is 9.90 Å². The fourth-order valence-corrected chi connectivity index (χ4v) is 3.39. The highest BCUT2D eigenvalue weighted by Crippen LogP contribution is 2.35. The summed E-state index contributed by atoms with van der Waals surface area (Å²) in [5.74, 6) is -0.0665. The maximum Gasteiger partial charge on any atom is 0.222 e. The number of rotatable bonds is 6. The van der Waals surface area contributed by atoms with Gasteiger partial charge in [-0.15, -0.1) is 0 Å². The SMILES string of the molecule is CN(C)C[C@H]1O[C@@H]2C[C@@H](CC(=O)NCc3cnn(C)c3)O[C@@H]2[C@@H]1O. The van der Waals surface area contributed by atoms with Crippen molar-refractivity contribution in [3.8, 4) is 0 Å². The van der Waals surface area contributed by atoms with E-state index in [2.05, 4.69) is 10.4 Å². The van der Waals surface area contributed by atoms with Gasteiger partial charge in [-0.1, -0.05) is 0 Å². The summed E-state index contributed by atoms with van der Waals surface area (Å²) in [5.41, 5.74) is 0.959. The van der Waals surface area contributed by atoms with Gasteiger partial charge in [-0.05, 0) is 14.1 Å². The second-order valence-corrected chi connectivity index (χ2v) is 6.93. The molecule has 8 nitrogen and oxygen atoms in total. The highest BCUT2D eigenvalue weighted by Gasteiger charge is 2.50. The van der Waals surface area contributed by atoms with Crippen LogP contribution in [0.15, 0.2) is 12.4 Å². The molecule has 0 unspecified atom stereocenters. The van der Waals surface area contributed by atoms with Gasteiger partial charge in [-0.25, -0.2) is 0 Å². The van der Waals surface area contributed by atoms with E-state index >= 15 is 0 Å². The van der Waals surface area contributed by atoms with Gasteiger partial charge in [0.05, 0.1) is 30.9 Å². The highest BCUT2D eigenvalue weighted by atomic mass is 16.6. The Labute approximate surface area is 141 Å². The number of carbonyl (C=O) groups excluding carboxylic acids is 1. The quantitative estimate of drug-likeness (QED) is 0.711. The number of aryl methyl sites for hydroxylation is 1. The Kier molecular flexibility index (Phi) is 5.19. The number of hydrogen-bond donors (Lipinski definition) is 2. The van der Waals surface area contributed by atoms with Gasteiger partial charge in [-0.3, -0.25) is 9.48 Å². The Morgan fingerprint density at radius 2 is 2.29 bits per heavy atom. The molecule has 2 fully saturated rings. The third-order valence-electron chi connectivity index (χ3n) is 4.48. The van der Waals surface area contributed by atoms with Crippen LogP contribution in [0.3, 0.4) is 0 Å². The van der Waals surface area contributed by atoms with Crippen LogP contribution in [0.2, 0.25) is 0 Å². The lowest BCUT2D eigenvalue weighted by Crippen LogP contribution is -2.38. The van der Waals surface area contributed by atoms with Gasteiger partial charge >= 0.3 is 0 Å². The van der Waals surface area contributed by atoms with Crippen LogP contribution < -0.4 is 5.32 Å². The molecule has 1 aromatic rings. The number of aromatic nitrogens is 2. The molecule has 3 heterocycles. The van der Waals surface area contributed by atoms with Crippen LogP contribution in [0.1, 0.15) is 18.4 Å². The predicted molar refractivity (Wildman–Crippen MR) is 86.2 cm³/mol. The zero-order valence-electron chi connectivity index (χ0n) is 14.4. The van der Waals surface area contributed by atoms with Crippen LogP contribution in [0, 0.1) is 0 Å². The summed E-state index contributed by atoms with van der Waals surface area (Å²) in [6, 6.07) is 0. The van der Waals surface area contributed by atoms with Crippen molar-refractivity contribution in [1.29, 1.82) is 0 Å². The summed E-state index contributed by atoms with van der Waals surface area (Å²) in [7, 11) is 5.73. The number of carbonyl (C=O) groups is 1. The lowest BCUT2D eigenvalue weighted by atomic mass is 10.1. The summed E-state index contributed by atoms with van der Waals surface area (Å²) in [5, 5.41) is 17.3. The number of likely N-dealkylation sites (N-methyl/N-ethyl adjacent to an activating group) is 1. The normalized spacial score (nSPS) is 32.3. The maximum atomic E-state index is 12.1. The van der Waals surface area contributed by atoms with Crippen LogP contribution in [0.4, 0.5) is 0 Å². The first-order valence-electron chi connectivity index (χ1n) is 8.30. The average Bonchev–Trinajstić information content (AvgIpc) is 3.15. The van der Waals surface area contributed by atoms with E-state index in [-0.39, 0.29) is 36.7 Å². The Bertz CT molecular complexity index is 576. The lowest BCUT2D eigenvalue weighted by molar-refractivity contribution is -0.125. The number of aliphatic hydroxyl groups excluding tert-OH is 1. The number of ether oxygens (including phenoxy) is 2. The second kappa shape index (κ2) is 7.18. The summed E-state index contributed by atoms with van der Waals surface area (Å²) in [4.78, 5) is 14.0. The average molecular weight is 338 g/mol. The van der Waals surface area contributed by atoms with Crippen molar-refractivity contribution in [3.63, 3.8) is 0 Å². The first-order valence-corrected chi connectivity index (χ1v) is 8.30. The maximum absolute atomic E-state index is 12.1. The van der Waals surface area contributed by atoms with Gasteiger partial charge in [-0.2, -0.15) is 5.10 Å². The van der Waals surface area contributed by atoms with Crippen molar-refractivity contribution in [3.05, 3.63) is 18.0 Å². The molecule has 1 aromatic heterocycles. The summed E-state index contributed by atoms with van der Waals surface area (Å²) in [6.45, 7) is 1.12. The van der Waals surface area contributed by atoms with Crippen molar-refractivity contribution < 1.29 is 19.4 Å². The minimum Gasteiger partial charge on any atom is -0.388 e. The van der Waals surface area contributed by atoms with Crippen molar-refractivity contribution in [1.82, 2.24) is 20.0 Å². The summed E-state index contributed by atoms with van der Waals surface area (Å²) >= 11 is 0. The van der Waals surface area contributed by atoms with E-state index in [0.29, 0.717) is 19.5 Å². The van der Waals surface area contributed by atoms with Crippen molar-refractivity contribution in [2.45, 2.75) is 49.9 Å². The topological polar surface area (TPSA) is 88.9 Å². The molecular weight excluding hydrogens is 312 g/mol. The molecular formula is C16H26N4O4. The molecule has 0 saturated carbocycles. The fraction of sp³-hybridized carbons (Fsp3) is 0.750. The molecule has 1 amide bonds. The van der Waals surface area contributed by atoms with Gasteiger partial charge in [0.25, 0.3) is 0 Å². The molecule has 24 heavy (non-hydrogen) atoms. The summed E-state index contributed by atoms with van der Waals surface area (Å²) < 4.78 is 13.5. The van der Waals surface area contributed by atoms with Crippen molar-refractivity contribution in [2.75, 3.05) is 20.6 Å². The monoisotopic (exact) mass is 338 g/mol. The van der Waals surface area contributed by atoms with Gasteiger partial charge in [0, 0.05) is 38.3 Å². The lowest BCUT2D eigenvalue weighted by Gasteiger charge is -2.22. The van der Waals surface area contributed by atoms with E-state index in [1.807, 2.05) is 32.2 Å². The molecule has 3 rings (SSSR count). The molecule has 5 atom stereocenters. The van der Waals surface area contributed by atoms with Gasteiger partial charge in [0.1, 0.15) is 12.2 Å². The number of amides is 1. The molecule has 8 heteroatoms. The fourth-order valence-electron chi connectivity index (χ4n) is 3.39. The van der Waals surface area contributed by atoms with Crippen LogP contribution in [-0.2, 0) is 27.9 Å². The molecule has 0 aromatic carbocycles. The Morgan fingerprint density at radius 3 is 2.92 bits per heavy atom. The zero-order valence-corrected chi connectivity index (χ0v) is 14.4. The number of nitrogens with zero attached hydrogens (tertiary/aromatic N) is 3. The zero-order chi connectivity index (χ0) is 17.3. The molecule has 2 aliphatic heterocycles. The predicted octanol–water partition coefficient (Wildman–Crippen LogP) is -0.726. The van der Waals surface area contributed by atoms with Crippen molar-refractivity contribution >= 4 is 5.91 Å². The standard InChI is InChI=1S/C16H26N4O4/c1-19(2)9-13-15(22)16-12(24-13)4-11(23-16)5-14(21)17-6-10-7-18-20(3)8-10/h7-8,11-13,15-16,22H,4-6,9H2,1-3H3,(H,17,21)/t11-,12+,13+,15+,16-/m0/s1. The highest BCUT2D eigenvalue weighted by molar-refractivity contribution is 5.76. The summed E-state index contributed by atoms with van der Waals surface area (Å²) in [6.07, 6.45) is 3.00. The molecule has 134 valence electrons. The van der Waals surface area contributed by atoms with Crippen LogP contribution >= 0.6 is 0 Å². The molecule has 2 N–H and O–H groups in total. The first-order chi connectivity index (χ1) is 11.4. The van der Waals surface area contributed by atoms with Crippen LogP contribution in [0.25, 0.3) is 0 Å². The Morgan fingerprint density at radius 1 is 1.50 bits per heavy atom. The molecule has 0 radical (unpaired) electrons. The van der Waals surface area contributed by atoms with Crippen LogP contribution in [-0.4, -0.2) is 76.9 Å². The van der Waals surface area contributed by atoms with Crippen LogP contribution in [0.5, 0.6) is 0 Å². The smallest absolute Gasteiger partial charge is 0.222 e. The van der Waals surface area contributed by atoms with E-state index in [1.54, 1.807) is 10.9 Å². The third-order valence-corrected chi connectivity index (χ3v) is 4.48. The molecule has 0 bridgehead atoms. The van der Waals surface area contributed by atoms with Gasteiger partial charge in [0.2, 0.25) is 5.91 Å². The number of fused-ring (bicyclic) bond motifs is 1. The second-order valence-electron chi connectivity index (χ2n) is 6.93. The van der Waals surface area contributed by atoms with Crippen molar-refractivity contribution in [2.24, 2.45) is 7.05 Å². The minimum atomic E-state index is -0.638. The molecule has 2 saturated heterocycles. The van der Waals surface area contributed by atoms with E-state index in [0.717, 1.165) is 5.56 Å². The largest absolute Gasteiger partial charge is 0.388 e. The Hall–Kier alpha value is -1.48. The minimum absolute atomic E-state index is 0.0665. The molecule has 2 aliphatic rings. The van der Waals surface area contributed by atoms with Gasteiger partial charge < -0.3 is 24.8 Å².